The first kappa shape index (κ1) is 21.7. The molecular formula is C26H28N2O5. The summed E-state index contributed by atoms with van der Waals surface area (Å²) in [6.07, 6.45) is 0.819. The molecule has 0 aromatic heterocycles. The van der Waals surface area contributed by atoms with Gasteiger partial charge in [0.05, 0.1) is 24.8 Å². The van der Waals surface area contributed by atoms with Crippen LogP contribution >= 0.6 is 0 Å². The molecule has 33 heavy (non-hydrogen) atoms. The van der Waals surface area contributed by atoms with E-state index in [1.54, 1.807) is 11.0 Å². The Labute approximate surface area is 193 Å². The van der Waals surface area contributed by atoms with Crippen LogP contribution in [0.4, 0.5) is 0 Å². The van der Waals surface area contributed by atoms with Gasteiger partial charge in [0.25, 0.3) is 11.7 Å². The van der Waals surface area contributed by atoms with Crippen molar-refractivity contribution in [1.82, 2.24) is 9.80 Å². The lowest BCUT2D eigenvalue weighted by atomic mass is 9.94. The number of hydrogen-bond acceptors (Lipinski definition) is 6. The maximum Gasteiger partial charge on any atom is 0.295 e. The highest BCUT2D eigenvalue weighted by molar-refractivity contribution is 6.46. The third-order valence-electron chi connectivity index (χ3n) is 6.59. The van der Waals surface area contributed by atoms with Crippen molar-refractivity contribution in [3.8, 4) is 5.75 Å². The van der Waals surface area contributed by atoms with Gasteiger partial charge in [0.2, 0.25) is 0 Å². The van der Waals surface area contributed by atoms with Gasteiger partial charge in [-0.25, -0.2) is 0 Å². The van der Waals surface area contributed by atoms with Gasteiger partial charge < -0.3 is 19.5 Å². The first-order valence-corrected chi connectivity index (χ1v) is 11.5. The van der Waals surface area contributed by atoms with Crippen LogP contribution in [0.15, 0.2) is 54.1 Å². The number of nitrogens with zero attached hydrogens (tertiary/aromatic N) is 2. The minimum Gasteiger partial charge on any atom is -0.507 e. The van der Waals surface area contributed by atoms with Gasteiger partial charge in [0, 0.05) is 38.2 Å². The molecule has 2 aromatic rings. The van der Waals surface area contributed by atoms with Crippen molar-refractivity contribution in [2.24, 2.45) is 0 Å². The van der Waals surface area contributed by atoms with Crippen LogP contribution in [0.1, 0.15) is 29.7 Å². The smallest absolute Gasteiger partial charge is 0.295 e. The summed E-state index contributed by atoms with van der Waals surface area (Å²) in [5.41, 5.74) is 2.46. The largest absolute Gasteiger partial charge is 0.507 e. The van der Waals surface area contributed by atoms with Crippen LogP contribution in [0.3, 0.4) is 0 Å². The molecule has 0 radical (unpaired) electrons. The summed E-state index contributed by atoms with van der Waals surface area (Å²) in [4.78, 5) is 30.1. The Morgan fingerprint density at radius 1 is 1.06 bits per heavy atom. The van der Waals surface area contributed by atoms with E-state index in [4.69, 9.17) is 9.47 Å². The standard InChI is InChI=1S/C26H28N2O5/c1-17-15-20-16-19(7-8-21(20)33-17)24(29)22-23(18-5-3-2-4-6-18)28(26(31)25(22)30)10-9-27-11-13-32-14-12-27/h2-8,16-17,23,29H,9-15H2,1H3/b24-22+. The van der Waals surface area contributed by atoms with Crippen molar-refractivity contribution < 1.29 is 24.2 Å². The number of hydrogen-bond donors (Lipinski definition) is 1. The number of Topliss-reactive ketones (excluding diaryl/α,β-unsaturated/α-hetero) is 1. The third kappa shape index (κ3) is 4.14. The molecule has 0 saturated carbocycles. The third-order valence-corrected chi connectivity index (χ3v) is 6.59. The van der Waals surface area contributed by atoms with Crippen LogP contribution < -0.4 is 4.74 Å². The molecule has 2 aromatic carbocycles. The number of aliphatic hydroxyl groups is 1. The van der Waals surface area contributed by atoms with Crippen LogP contribution in [-0.2, 0) is 20.7 Å². The number of carbonyl (C=O) groups excluding carboxylic acids is 2. The summed E-state index contributed by atoms with van der Waals surface area (Å²) in [7, 11) is 0. The number of ether oxygens (including phenoxy) is 2. The number of morpholine rings is 1. The molecule has 2 unspecified atom stereocenters. The number of amides is 1. The molecule has 5 rings (SSSR count). The second-order valence-corrected chi connectivity index (χ2v) is 8.81. The molecule has 2 fully saturated rings. The van der Waals surface area contributed by atoms with Crippen molar-refractivity contribution in [3.63, 3.8) is 0 Å². The van der Waals surface area contributed by atoms with Gasteiger partial charge in [-0.05, 0) is 36.2 Å². The molecule has 3 aliphatic rings. The molecule has 172 valence electrons. The average Bonchev–Trinajstić information content (AvgIpc) is 3.34. The number of fused-ring (bicyclic) bond motifs is 1. The lowest BCUT2D eigenvalue weighted by Gasteiger charge is -2.31. The lowest BCUT2D eigenvalue weighted by molar-refractivity contribution is -0.140. The van der Waals surface area contributed by atoms with Crippen molar-refractivity contribution in [1.29, 1.82) is 0 Å². The Morgan fingerprint density at radius 3 is 2.58 bits per heavy atom. The van der Waals surface area contributed by atoms with E-state index < -0.39 is 17.7 Å². The van der Waals surface area contributed by atoms with E-state index in [1.807, 2.05) is 49.4 Å². The van der Waals surface area contributed by atoms with Crippen molar-refractivity contribution in [3.05, 3.63) is 70.8 Å². The highest BCUT2D eigenvalue weighted by Gasteiger charge is 2.46. The maximum absolute atomic E-state index is 13.2. The SMILES string of the molecule is CC1Cc2cc(/C(O)=C3\C(=O)C(=O)N(CCN4CCOCC4)C3c3ccccc3)ccc2O1. The molecule has 3 aliphatic heterocycles. The molecule has 7 heteroatoms. The zero-order valence-corrected chi connectivity index (χ0v) is 18.7. The summed E-state index contributed by atoms with van der Waals surface area (Å²) in [5.74, 6) is -0.562. The Balaban J connectivity index is 1.51. The van der Waals surface area contributed by atoms with E-state index in [2.05, 4.69) is 4.90 Å². The minimum absolute atomic E-state index is 0.0764. The van der Waals surface area contributed by atoms with Crippen LogP contribution in [0, 0.1) is 0 Å². The average molecular weight is 449 g/mol. The predicted molar refractivity (Wildman–Crippen MR) is 123 cm³/mol. The zero-order valence-electron chi connectivity index (χ0n) is 18.7. The summed E-state index contributed by atoms with van der Waals surface area (Å²) in [5, 5.41) is 11.3. The van der Waals surface area contributed by atoms with Gasteiger partial charge in [-0.3, -0.25) is 14.5 Å². The molecule has 0 aliphatic carbocycles. The predicted octanol–water partition coefficient (Wildman–Crippen LogP) is 2.76. The van der Waals surface area contributed by atoms with Crippen LogP contribution in [0.5, 0.6) is 5.75 Å². The Hall–Kier alpha value is -3.16. The number of rotatable bonds is 5. The van der Waals surface area contributed by atoms with E-state index in [0.717, 1.165) is 36.4 Å². The fourth-order valence-corrected chi connectivity index (χ4v) is 4.89. The second kappa shape index (κ2) is 9.00. The number of carbonyl (C=O) groups is 2. The molecule has 1 amide bonds. The van der Waals surface area contributed by atoms with E-state index in [9.17, 15) is 14.7 Å². The van der Waals surface area contributed by atoms with Crippen LogP contribution in [0.2, 0.25) is 0 Å². The lowest BCUT2D eigenvalue weighted by Crippen LogP contribution is -2.42. The highest BCUT2D eigenvalue weighted by Crippen LogP contribution is 2.40. The van der Waals surface area contributed by atoms with E-state index in [-0.39, 0.29) is 17.4 Å². The van der Waals surface area contributed by atoms with E-state index >= 15 is 0 Å². The fourth-order valence-electron chi connectivity index (χ4n) is 4.89. The van der Waals surface area contributed by atoms with Crippen molar-refractivity contribution in [2.45, 2.75) is 25.5 Å². The summed E-state index contributed by atoms with van der Waals surface area (Å²) in [6, 6.07) is 14.2. The van der Waals surface area contributed by atoms with Gasteiger partial charge in [0.15, 0.2) is 0 Å². The normalized spacial score (nSPS) is 24.7. The van der Waals surface area contributed by atoms with Crippen LogP contribution in [0.25, 0.3) is 5.76 Å². The first-order valence-electron chi connectivity index (χ1n) is 11.5. The number of likely N-dealkylation sites (tertiary alicyclic amines) is 1. The molecule has 0 bridgehead atoms. The zero-order chi connectivity index (χ0) is 22.9. The molecule has 7 nitrogen and oxygen atoms in total. The topological polar surface area (TPSA) is 79.3 Å². The monoisotopic (exact) mass is 448 g/mol. The molecule has 3 heterocycles. The Bertz CT molecular complexity index is 1090. The minimum atomic E-state index is -0.645. The van der Waals surface area contributed by atoms with Crippen LogP contribution in [-0.4, -0.2) is 72.1 Å². The molecule has 2 atom stereocenters. The van der Waals surface area contributed by atoms with E-state index in [0.29, 0.717) is 31.9 Å². The molecule has 2 saturated heterocycles. The van der Waals surface area contributed by atoms with Crippen molar-refractivity contribution >= 4 is 17.4 Å². The summed E-state index contributed by atoms with van der Waals surface area (Å²) >= 11 is 0. The second-order valence-electron chi connectivity index (χ2n) is 8.81. The first-order chi connectivity index (χ1) is 16.0. The summed E-state index contributed by atoms with van der Waals surface area (Å²) in [6.45, 7) is 5.98. The molecular weight excluding hydrogens is 420 g/mol. The highest BCUT2D eigenvalue weighted by atomic mass is 16.5. The number of ketones is 1. The molecule has 1 N–H and O–H groups in total. The van der Waals surface area contributed by atoms with E-state index in [1.165, 1.54) is 0 Å². The van der Waals surface area contributed by atoms with Gasteiger partial charge in [-0.15, -0.1) is 0 Å². The Kier molecular flexibility index (Phi) is 5.91. The van der Waals surface area contributed by atoms with Gasteiger partial charge in [-0.1, -0.05) is 30.3 Å². The van der Waals surface area contributed by atoms with Gasteiger partial charge in [0.1, 0.15) is 17.6 Å². The number of benzene rings is 2. The molecule has 0 spiro atoms. The van der Waals surface area contributed by atoms with Crippen molar-refractivity contribution in [2.75, 3.05) is 39.4 Å². The van der Waals surface area contributed by atoms with Gasteiger partial charge in [-0.2, -0.15) is 0 Å². The maximum atomic E-state index is 13.2. The number of aliphatic hydroxyl groups excluding tert-OH is 1. The summed E-state index contributed by atoms with van der Waals surface area (Å²) < 4.78 is 11.2. The quantitative estimate of drug-likeness (QED) is 0.431. The Morgan fingerprint density at radius 2 is 1.82 bits per heavy atom. The fraction of sp³-hybridized carbons (Fsp3) is 0.385. The van der Waals surface area contributed by atoms with Gasteiger partial charge >= 0.3 is 0 Å².